The quantitative estimate of drug-likeness (QED) is 0.814. The third-order valence-corrected chi connectivity index (χ3v) is 2.98. The van der Waals surface area contributed by atoms with E-state index < -0.39 is 0 Å². The van der Waals surface area contributed by atoms with Crippen LogP contribution < -0.4 is 4.74 Å². The maximum Gasteiger partial charge on any atom is 0.182 e. The molecule has 1 aromatic carbocycles. The lowest BCUT2D eigenvalue weighted by Crippen LogP contribution is -2.08. The van der Waals surface area contributed by atoms with Gasteiger partial charge in [-0.1, -0.05) is 0 Å². The molecule has 0 bridgehead atoms. The zero-order valence-electron chi connectivity index (χ0n) is 9.26. The minimum absolute atomic E-state index is 0.0337. The highest BCUT2D eigenvalue weighted by molar-refractivity contribution is 9.10. The molecule has 88 valence electrons. The van der Waals surface area contributed by atoms with Gasteiger partial charge in [0.05, 0.1) is 24.5 Å². The molecule has 0 saturated heterocycles. The molecule has 0 spiro atoms. The average molecular weight is 295 g/mol. The fourth-order valence-corrected chi connectivity index (χ4v) is 2.02. The molecule has 0 fully saturated rings. The molecular formula is C12H11BrN2O2. The Hall–Kier alpha value is -1.62. The molecule has 0 amide bonds. The predicted octanol–water partition coefficient (Wildman–Crippen LogP) is 2.54. The van der Waals surface area contributed by atoms with Crippen LogP contribution in [-0.2, 0) is 6.54 Å². The molecule has 0 aliphatic carbocycles. The lowest BCUT2D eigenvalue weighted by atomic mass is 10.1. The van der Waals surface area contributed by atoms with E-state index >= 15 is 0 Å². The second-order valence-electron chi connectivity index (χ2n) is 3.51. The maximum absolute atomic E-state index is 12.0. The van der Waals surface area contributed by atoms with Crippen LogP contribution in [0.4, 0.5) is 0 Å². The van der Waals surface area contributed by atoms with Crippen molar-refractivity contribution in [3.05, 3.63) is 47.0 Å². The summed E-state index contributed by atoms with van der Waals surface area (Å²) in [6.45, 7) is 0.290. The number of imidazole rings is 1. The maximum atomic E-state index is 12.0. The van der Waals surface area contributed by atoms with Crippen molar-refractivity contribution in [1.29, 1.82) is 0 Å². The van der Waals surface area contributed by atoms with Gasteiger partial charge in [-0.2, -0.15) is 0 Å². The second-order valence-corrected chi connectivity index (χ2v) is 4.36. The first kappa shape index (κ1) is 11.9. The number of rotatable bonds is 4. The van der Waals surface area contributed by atoms with E-state index in [1.807, 2.05) is 0 Å². The summed E-state index contributed by atoms with van der Waals surface area (Å²) in [5.74, 6) is 0.746. The van der Waals surface area contributed by atoms with Gasteiger partial charge in [0.2, 0.25) is 0 Å². The Kier molecular flexibility index (Phi) is 3.58. The SMILES string of the molecule is COc1ccc(C(=O)Cn2ccnc2)cc1Br. The van der Waals surface area contributed by atoms with Crippen LogP contribution in [0, 0.1) is 0 Å². The van der Waals surface area contributed by atoms with Gasteiger partial charge in [-0.25, -0.2) is 4.98 Å². The number of ketones is 1. The van der Waals surface area contributed by atoms with Gasteiger partial charge in [-0.05, 0) is 34.1 Å². The number of hydrogen-bond donors (Lipinski definition) is 0. The van der Waals surface area contributed by atoms with Crippen LogP contribution in [0.15, 0.2) is 41.4 Å². The number of methoxy groups -OCH3 is 1. The summed E-state index contributed by atoms with van der Waals surface area (Å²) in [4.78, 5) is 15.8. The molecule has 0 N–H and O–H groups in total. The van der Waals surface area contributed by atoms with Gasteiger partial charge in [-0.15, -0.1) is 0 Å². The largest absolute Gasteiger partial charge is 0.496 e. The number of nitrogens with zero attached hydrogens (tertiary/aromatic N) is 2. The Morgan fingerprint density at radius 3 is 2.94 bits per heavy atom. The Morgan fingerprint density at radius 1 is 1.53 bits per heavy atom. The van der Waals surface area contributed by atoms with Crippen molar-refractivity contribution in [2.24, 2.45) is 0 Å². The van der Waals surface area contributed by atoms with Crippen LogP contribution in [-0.4, -0.2) is 22.4 Å². The monoisotopic (exact) mass is 294 g/mol. The summed E-state index contributed by atoms with van der Waals surface area (Å²) in [7, 11) is 1.59. The van der Waals surface area contributed by atoms with Crippen molar-refractivity contribution >= 4 is 21.7 Å². The number of carbonyl (C=O) groups is 1. The lowest BCUT2D eigenvalue weighted by molar-refractivity contribution is 0.0972. The van der Waals surface area contributed by atoms with Crippen LogP contribution in [0.1, 0.15) is 10.4 Å². The van der Waals surface area contributed by atoms with E-state index in [0.717, 1.165) is 4.47 Å². The van der Waals surface area contributed by atoms with Crippen molar-refractivity contribution in [3.63, 3.8) is 0 Å². The van der Waals surface area contributed by atoms with Gasteiger partial charge in [0.15, 0.2) is 5.78 Å². The average Bonchev–Trinajstić information content (AvgIpc) is 2.81. The van der Waals surface area contributed by atoms with Crippen molar-refractivity contribution in [1.82, 2.24) is 9.55 Å². The molecule has 0 unspecified atom stereocenters. The number of ether oxygens (including phenoxy) is 1. The fourth-order valence-electron chi connectivity index (χ4n) is 1.48. The molecule has 2 aromatic rings. The molecule has 4 nitrogen and oxygen atoms in total. The number of halogens is 1. The van der Waals surface area contributed by atoms with Crippen molar-refractivity contribution < 1.29 is 9.53 Å². The molecule has 0 aliphatic heterocycles. The van der Waals surface area contributed by atoms with Gasteiger partial charge in [0.1, 0.15) is 5.75 Å². The third-order valence-electron chi connectivity index (χ3n) is 2.36. The summed E-state index contributed by atoms with van der Waals surface area (Å²) >= 11 is 3.36. The molecule has 1 aromatic heterocycles. The van der Waals surface area contributed by atoms with Crippen LogP contribution in [0.3, 0.4) is 0 Å². The molecule has 0 radical (unpaired) electrons. The van der Waals surface area contributed by atoms with Gasteiger partial charge in [0.25, 0.3) is 0 Å². The predicted molar refractivity (Wildman–Crippen MR) is 67.3 cm³/mol. The highest BCUT2D eigenvalue weighted by atomic mass is 79.9. The van der Waals surface area contributed by atoms with E-state index in [9.17, 15) is 4.79 Å². The second kappa shape index (κ2) is 5.14. The van der Waals surface area contributed by atoms with Crippen molar-refractivity contribution in [2.75, 3.05) is 7.11 Å². The minimum Gasteiger partial charge on any atom is -0.496 e. The lowest BCUT2D eigenvalue weighted by Gasteiger charge is -2.06. The Labute approximate surface area is 107 Å². The van der Waals surface area contributed by atoms with E-state index in [4.69, 9.17) is 4.74 Å². The number of Topliss-reactive ketones (excluding diaryl/α,β-unsaturated/α-hetero) is 1. The molecule has 0 aliphatic rings. The molecule has 1 heterocycles. The van der Waals surface area contributed by atoms with Gasteiger partial charge < -0.3 is 9.30 Å². The van der Waals surface area contributed by atoms with E-state index in [1.165, 1.54) is 0 Å². The van der Waals surface area contributed by atoms with Crippen LogP contribution in [0.2, 0.25) is 0 Å². The summed E-state index contributed by atoms with van der Waals surface area (Å²) in [6, 6.07) is 5.28. The highest BCUT2D eigenvalue weighted by Gasteiger charge is 2.09. The Balaban J connectivity index is 2.17. The molecular weight excluding hydrogens is 284 g/mol. The van der Waals surface area contributed by atoms with Crippen LogP contribution in [0.25, 0.3) is 0 Å². The van der Waals surface area contributed by atoms with E-state index in [0.29, 0.717) is 17.9 Å². The standard InChI is InChI=1S/C12H11BrN2O2/c1-17-12-3-2-9(6-10(12)13)11(16)7-15-5-4-14-8-15/h2-6,8H,7H2,1H3. The number of carbonyl (C=O) groups excluding carboxylic acids is 1. The summed E-state index contributed by atoms with van der Waals surface area (Å²) in [5, 5.41) is 0. The zero-order chi connectivity index (χ0) is 12.3. The molecule has 0 atom stereocenters. The first-order valence-corrected chi connectivity index (χ1v) is 5.82. The summed E-state index contributed by atoms with van der Waals surface area (Å²) in [5.41, 5.74) is 0.645. The van der Waals surface area contributed by atoms with Crippen LogP contribution >= 0.6 is 15.9 Å². The van der Waals surface area contributed by atoms with E-state index in [1.54, 1.807) is 48.6 Å². The number of benzene rings is 1. The van der Waals surface area contributed by atoms with E-state index in [-0.39, 0.29) is 5.78 Å². The topological polar surface area (TPSA) is 44.1 Å². The van der Waals surface area contributed by atoms with Crippen LogP contribution in [0.5, 0.6) is 5.75 Å². The molecule has 0 saturated carbocycles. The Bertz CT molecular complexity index is 523. The number of hydrogen-bond acceptors (Lipinski definition) is 3. The van der Waals surface area contributed by atoms with Gasteiger partial charge in [0, 0.05) is 18.0 Å². The van der Waals surface area contributed by atoms with Gasteiger partial charge in [-0.3, -0.25) is 4.79 Å². The smallest absolute Gasteiger partial charge is 0.182 e. The van der Waals surface area contributed by atoms with E-state index in [2.05, 4.69) is 20.9 Å². The molecule has 2 rings (SSSR count). The number of aromatic nitrogens is 2. The third kappa shape index (κ3) is 2.74. The van der Waals surface area contributed by atoms with Gasteiger partial charge >= 0.3 is 0 Å². The minimum atomic E-state index is 0.0337. The van der Waals surface area contributed by atoms with Crippen molar-refractivity contribution in [3.8, 4) is 5.75 Å². The normalized spacial score (nSPS) is 10.2. The summed E-state index contributed by atoms with van der Waals surface area (Å²) < 4.78 is 7.62. The molecule has 5 heteroatoms. The fraction of sp³-hybridized carbons (Fsp3) is 0.167. The first-order valence-electron chi connectivity index (χ1n) is 5.03. The zero-order valence-corrected chi connectivity index (χ0v) is 10.8. The first-order chi connectivity index (χ1) is 8.20. The Morgan fingerprint density at radius 2 is 2.35 bits per heavy atom. The highest BCUT2D eigenvalue weighted by Crippen LogP contribution is 2.25. The summed E-state index contributed by atoms with van der Waals surface area (Å²) in [6.07, 6.45) is 5.03. The molecule has 17 heavy (non-hydrogen) atoms. The van der Waals surface area contributed by atoms with Crippen molar-refractivity contribution in [2.45, 2.75) is 6.54 Å².